The number of halogens is 4. The van der Waals surface area contributed by atoms with Gasteiger partial charge in [0.1, 0.15) is 17.9 Å². The predicted molar refractivity (Wildman–Crippen MR) is 62.5 cm³/mol. The molecule has 0 aromatic carbocycles. The molecule has 1 saturated carbocycles. The van der Waals surface area contributed by atoms with Gasteiger partial charge in [0.25, 0.3) is 12.9 Å². The molecule has 0 saturated heterocycles. The Balaban J connectivity index is 2.04. The van der Waals surface area contributed by atoms with Gasteiger partial charge in [-0.1, -0.05) is 12.8 Å². The lowest BCUT2D eigenvalue weighted by molar-refractivity contribution is -0.122. The fraction of sp³-hybridized carbons (Fsp3) is 0.667. The minimum Gasteiger partial charge on any atom is -0.352 e. The summed E-state index contributed by atoms with van der Waals surface area (Å²) in [5, 5.41) is 6.07. The van der Waals surface area contributed by atoms with E-state index in [4.69, 9.17) is 0 Å². The van der Waals surface area contributed by atoms with E-state index >= 15 is 0 Å². The molecule has 1 heterocycles. The van der Waals surface area contributed by atoms with Gasteiger partial charge in [-0.2, -0.15) is 5.10 Å². The fourth-order valence-corrected chi connectivity index (χ4v) is 2.34. The summed E-state index contributed by atoms with van der Waals surface area (Å²) in [5.41, 5.74) is -1.41. The summed E-state index contributed by atoms with van der Waals surface area (Å²) in [7, 11) is 0. The second kappa shape index (κ2) is 6.23. The number of aromatic nitrogens is 2. The number of alkyl halides is 4. The maximum atomic E-state index is 12.7. The fourth-order valence-electron chi connectivity index (χ4n) is 2.34. The van der Waals surface area contributed by atoms with E-state index in [-0.39, 0.29) is 6.04 Å². The molecule has 1 N–H and O–H groups in total. The van der Waals surface area contributed by atoms with Gasteiger partial charge >= 0.3 is 0 Å². The van der Waals surface area contributed by atoms with E-state index in [1.807, 2.05) is 0 Å². The van der Waals surface area contributed by atoms with Crippen molar-refractivity contribution in [3.8, 4) is 0 Å². The van der Waals surface area contributed by atoms with Gasteiger partial charge in [-0.3, -0.25) is 9.48 Å². The van der Waals surface area contributed by atoms with E-state index in [9.17, 15) is 22.4 Å². The van der Waals surface area contributed by atoms with Gasteiger partial charge in [-0.05, 0) is 18.9 Å². The summed E-state index contributed by atoms with van der Waals surface area (Å²) in [5.74, 6) is -0.484. The van der Waals surface area contributed by atoms with E-state index in [0.29, 0.717) is 10.7 Å². The van der Waals surface area contributed by atoms with E-state index < -0.39 is 36.7 Å². The zero-order chi connectivity index (χ0) is 14.7. The van der Waals surface area contributed by atoms with E-state index in [1.54, 1.807) is 0 Å². The Hall–Kier alpha value is -1.60. The summed E-state index contributed by atoms with van der Waals surface area (Å²) in [6.45, 7) is -0.469. The maximum absolute atomic E-state index is 12.7. The van der Waals surface area contributed by atoms with Crippen LogP contribution in [0.3, 0.4) is 0 Å². The average molecular weight is 293 g/mol. The van der Waals surface area contributed by atoms with Crippen LogP contribution in [0.25, 0.3) is 0 Å². The number of rotatable bonds is 5. The lowest BCUT2D eigenvalue weighted by atomic mass is 10.2. The molecule has 1 fully saturated rings. The standard InChI is InChI=1S/C12H15F4N3O/c13-11(14)8-5-9(12(15)16)19(18-8)6-10(20)17-7-3-1-2-4-7/h5,7,11-12H,1-4,6H2,(H,17,20). The van der Waals surface area contributed by atoms with E-state index in [2.05, 4.69) is 10.4 Å². The van der Waals surface area contributed by atoms with Crippen LogP contribution in [0.1, 0.15) is 49.9 Å². The average Bonchev–Trinajstić information content (AvgIpc) is 2.98. The lowest BCUT2D eigenvalue weighted by Gasteiger charge is -2.12. The second-order valence-corrected chi connectivity index (χ2v) is 4.80. The Kier molecular flexibility index (Phi) is 4.61. The molecular formula is C12H15F4N3O. The highest BCUT2D eigenvalue weighted by Crippen LogP contribution is 2.25. The normalized spacial score (nSPS) is 16.3. The largest absolute Gasteiger partial charge is 0.352 e. The van der Waals surface area contributed by atoms with Gasteiger partial charge in [0.2, 0.25) is 5.91 Å². The Labute approximate surface area is 113 Å². The summed E-state index contributed by atoms with van der Waals surface area (Å²) >= 11 is 0. The SMILES string of the molecule is O=C(Cn1nc(C(F)F)cc1C(F)F)NC1CCCC1. The third kappa shape index (κ3) is 3.49. The van der Waals surface area contributed by atoms with Crippen LogP contribution in [-0.2, 0) is 11.3 Å². The highest BCUT2D eigenvalue weighted by Gasteiger charge is 2.23. The molecule has 112 valence electrons. The zero-order valence-corrected chi connectivity index (χ0v) is 10.7. The summed E-state index contributed by atoms with van der Waals surface area (Å²) in [6.07, 6.45) is -2.14. The van der Waals surface area contributed by atoms with Crippen molar-refractivity contribution < 1.29 is 22.4 Å². The summed E-state index contributed by atoms with van der Waals surface area (Å²) in [6, 6.07) is 0.681. The molecule has 0 spiro atoms. The van der Waals surface area contributed by atoms with Crippen LogP contribution in [0.5, 0.6) is 0 Å². The quantitative estimate of drug-likeness (QED) is 0.849. The number of hydrogen-bond acceptors (Lipinski definition) is 2. The van der Waals surface area contributed by atoms with E-state index in [0.717, 1.165) is 25.7 Å². The zero-order valence-electron chi connectivity index (χ0n) is 10.7. The Morgan fingerprint density at radius 3 is 2.50 bits per heavy atom. The third-order valence-corrected chi connectivity index (χ3v) is 3.29. The highest BCUT2D eigenvalue weighted by atomic mass is 19.3. The van der Waals surface area contributed by atoms with Crippen molar-refractivity contribution in [2.45, 2.75) is 51.1 Å². The first-order valence-corrected chi connectivity index (χ1v) is 6.40. The summed E-state index contributed by atoms with van der Waals surface area (Å²) in [4.78, 5) is 11.7. The number of nitrogens with one attached hydrogen (secondary N) is 1. The van der Waals surface area contributed by atoms with Gasteiger partial charge < -0.3 is 5.32 Å². The van der Waals surface area contributed by atoms with Gasteiger partial charge in [0, 0.05) is 6.04 Å². The monoisotopic (exact) mass is 293 g/mol. The van der Waals surface area contributed by atoms with E-state index in [1.165, 1.54) is 0 Å². The molecule has 8 heteroatoms. The van der Waals surface area contributed by atoms with Crippen molar-refractivity contribution in [3.05, 3.63) is 17.5 Å². The molecule has 0 atom stereocenters. The number of carbonyl (C=O) groups is 1. The molecule has 1 aromatic rings. The molecular weight excluding hydrogens is 278 g/mol. The van der Waals surface area contributed by atoms with Crippen molar-refractivity contribution in [3.63, 3.8) is 0 Å². The van der Waals surface area contributed by atoms with Gasteiger partial charge in [0.05, 0.1) is 0 Å². The van der Waals surface area contributed by atoms with Crippen LogP contribution in [0.4, 0.5) is 17.6 Å². The van der Waals surface area contributed by atoms with Crippen LogP contribution >= 0.6 is 0 Å². The highest BCUT2D eigenvalue weighted by molar-refractivity contribution is 5.76. The van der Waals surface area contributed by atoms with Crippen molar-refractivity contribution in [2.75, 3.05) is 0 Å². The first-order valence-electron chi connectivity index (χ1n) is 6.40. The van der Waals surface area contributed by atoms with Crippen molar-refractivity contribution in [2.24, 2.45) is 0 Å². The Morgan fingerprint density at radius 2 is 1.95 bits per heavy atom. The second-order valence-electron chi connectivity index (χ2n) is 4.80. The Morgan fingerprint density at radius 1 is 1.30 bits per heavy atom. The number of nitrogens with zero attached hydrogens (tertiary/aromatic N) is 2. The van der Waals surface area contributed by atoms with Gasteiger partial charge in [-0.15, -0.1) is 0 Å². The summed E-state index contributed by atoms with van der Waals surface area (Å²) < 4.78 is 51.0. The van der Waals surface area contributed by atoms with Crippen LogP contribution in [0.2, 0.25) is 0 Å². The van der Waals surface area contributed by atoms with Gasteiger partial charge in [0.15, 0.2) is 0 Å². The number of hydrogen-bond donors (Lipinski definition) is 1. The maximum Gasteiger partial charge on any atom is 0.282 e. The van der Waals surface area contributed by atoms with Crippen LogP contribution in [0.15, 0.2) is 6.07 Å². The smallest absolute Gasteiger partial charge is 0.282 e. The molecule has 0 radical (unpaired) electrons. The minimum atomic E-state index is -2.95. The molecule has 4 nitrogen and oxygen atoms in total. The predicted octanol–water partition coefficient (Wildman–Crippen LogP) is 2.82. The molecule has 20 heavy (non-hydrogen) atoms. The Bertz CT molecular complexity index is 469. The first kappa shape index (κ1) is 14.8. The molecule has 1 amide bonds. The molecule has 0 bridgehead atoms. The van der Waals surface area contributed by atoms with Crippen molar-refractivity contribution >= 4 is 5.91 Å². The van der Waals surface area contributed by atoms with Crippen molar-refractivity contribution in [1.29, 1.82) is 0 Å². The number of carbonyl (C=O) groups excluding carboxylic acids is 1. The van der Waals surface area contributed by atoms with Crippen LogP contribution < -0.4 is 5.32 Å². The molecule has 0 unspecified atom stereocenters. The third-order valence-electron chi connectivity index (χ3n) is 3.29. The first-order chi connectivity index (χ1) is 9.47. The molecule has 0 aliphatic heterocycles. The molecule has 1 aromatic heterocycles. The minimum absolute atomic E-state index is 0.0441. The molecule has 1 aliphatic carbocycles. The molecule has 1 aliphatic rings. The van der Waals surface area contributed by atoms with Gasteiger partial charge in [-0.25, -0.2) is 17.6 Å². The topological polar surface area (TPSA) is 46.9 Å². The number of amides is 1. The molecule has 2 rings (SSSR count). The van der Waals surface area contributed by atoms with Crippen LogP contribution in [0, 0.1) is 0 Å². The van der Waals surface area contributed by atoms with Crippen molar-refractivity contribution in [1.82, 2.24) is 15.1 Å². The van der Waals surface area contributed by atoms with Crippen LogP contribution in [-0.4, -0.2) is 21.7 Å². The lowest BCUT2D eigenvalue weighted by Crippen LogP contribution is -2.35.